The predicted octanol–water partition coefficient (Wildman–Crippen LogP) is 4.07. The highest BCUT2D eigenvalue weighted by Crippen LogP contribution is 2.40. The highest BCUT2D eigenvalue weighted by molar-refractivity contribution is 5.60. The molecule has 0 unspecified atom stereocenters. The van der Waals surface area contributed by atoms with Crippen LogP contribution >= 0.6 is 0 Å². The molecule has 0 radical (unpaired) electrons. The summed E-state index contributed by atoms with van der Waals surface area (Å²) >= 11 is 0. The maximum Gasteiger partial charge on any atom is 0.161 e. The average Bonchev–Trinajstić information content (AvgIpc) is 3.26. The minimum atomic E-state index is 0.640. The van der Waals surface area contributed by atoms with Crippen molar-refractivity contribution in [2.45, 2.75) is 39.5 Å². The normalized spacial score (nSPS) is 14.3. The van der Waals surface area contributed by atoms with Crippen LogP contribution in [-0.2, 0) is 0 Å². The smallest absolute Gasteiger partial charge is 0.161 e. The Kier molecular flexibility index (Phi) is 3.43. The standard InChI is InChI=1S/C17H21N3/c1-4-18-16-10-15(13-7-8-13)19-17(20-16)14-6-5-11(2)12(3)9-14/h5-6,9-10,13H,4,7-8H2,1-3H3,(H,18,19,20). The summed E-state index contributed by atoms with van der Waals surface area (Å²) in [7, 11) is 0. The van der Waals surface area contributed by atoms with Gasteiger partial charge in [-0.2, -0.15) is 0 Å². The van der Waals surface area contributed by atoms with Crippen LogP contribution in [0.1, 0.15) is 42.5 Å². The first-order valence-corrected chi connectivity index (χ1v) is 7.38. The molecule has 104 valence electrons. The first-order valence-electron chi connectivity index (χ1n) is 7.38. The summed E-state index contributed by atoms with van der Waals surface area (Å²) < 4.78 is 0. The molecule has 0 saturated heterocycles. The molecule has 3 nitrogen and oxygen atoms in total. The Balaban J connectivity index is 2.04. The van der Waals surface area contributed by atoms with E-state index in [9.17, 15) is 0 Å². The van der Waals surface area contributed by atoms with Crippen LogP contribution in [0, 0.1) is 13.8 Å². The summed E-state index contributed by atoms with van der Waals surface area (Å²) in [6.45, 7) is 7.24. The fourth-order valence-corrected chi connectivity index (χ4v) is 2.34. The van der Waals surface area contributed by atoms with Gasteiger partial charge in [0.05, 0.1) is 0 Å². The van der Waals surface area contributed by atoms with E-state index in [4.69, 9.17) is 4.98 Å². The topological polar surface area (TPSA) is 37.8 Å². The van der Waals surface area contributed by atoms with Crippen LogP contribution in [0.2, 0.25) is 0 Å². The van der Waals surface area contributed by atoms with Gasteiger partial charge in [-0.1, -0.05) is 12.1 Å². The second kappa shape index (κ2) is 5.23. The van der Waals surface area contributed by atoms with Gasteiger partial charge in [-0.05, 0) is 50.8 Å². The van der Waals surface area contributed by atoms with Crippen LogP contribution in [0.15, 0.2) is 24.3 Å². The molecule has 0 aliphatic heterocycles. The van der Waals surface area contributed by atoms with E-state index in [-0.39, 0.29) is 0 Å². The lowest BCUT2D eigenvalue weighted by atomic mass is 10.1. The summed E-state index contributed by atoms with van der Waals surface area (Å²) in [6.07, 6.45) is 2.52. The third kappa shape index (κ3) is 2.67. The second-order valence-electron chi connectivity index (χ2n) is 5.61. The summed E-state index contributed by atoms with van der Waals surface area (Å²) in [5.74, 6) is 2.42. The van der Waals surface area contributed by atoms with Crippen molar-refractivity contribution < 1.29 is 0 Å². The molecule has 0 amide bonds. The van der Waals surface area contributed by atoms with Gasteiger partial charge in [-0.15, -0.1) is 0 Å². The Labute approximate surface area is 120 Å². The zero-order valence-corrected chi connectivity index (χ0v) is 12.4. The molecule has 1 aliphatic rings. The van der Waals surface area contributed by atoms with E-state index in [0.717, 1.165) is 23.8 Å². The number of nitrogens with one attached hydrogen (secondary N) is 1. The number of hydrogen-bond donors (Lipinski definition) is 1. The molecule has 0 bridgehead atoms. The van der Waals surface area contributed by atoms with Gasteiger partial charge >= 0.3 is 0 Å². The van der Waals surface area contributed by atoms with Crippen LogP contribution in [0.5, 0.6) is 0 Å². The SMILES string of the molecule is CCNc1cc(C2CC2)nc(-c2ccc(C)c(C)c2)n1. The molecular formula is C17H21N3. The molecule has 1 N–H and O–H groups in total. The van der Waals surface area contributed by atoms with Crippen molar-refractivity contribution in [1.29, 1.82) is 0 Å². The van der Waals surface area contributed by atoms with Crippen molar-refractivity contribution >= 4 is 5.82 Å². The molecule has 1 aliphatic carbocycles. The van der Waals surface area contributed by atoms with E-state index >= 15 is 0 Å². The van der Waals surface area contributed by atoms with Gasteiger partial charge in [-0.3, -0.25) is 0 Å². The predicted molar refractivity (Wildman–Crippen MR) is 83.1 cm³/mol. The molecule has 3 heteroatoms. The monoisotopic (exact) mass is 267 g/mol. The van der Waals surface area contributed by atoms with Crippen molar-refractivity contribution in [3.8, 4) is 11.4 Å². The largest absolute Gasteiger partial charge is 0.370 e. The van der Waals surface area contributed by atoms with Crippen LogP contribution < -0.4 is 5.32 Å². The quantitative estimate of drug-likeness (QED) is 0.907. The number of anilines is 1. The van der Waals surface area contributed by atoms with Gasteiger partial charge < -0.3 is 5.32 Å². The highest BCUT2D eigenvalue weighted by Gasteiger charge is 2.26. The first kappa shape index (κ1) is 13.1. The second-order valence-corrected chi connectivity index (χ2v) is 5.61. The Morgan fingerprint density at radius 1 is 1.10 bits per heavy atom. The van der Waals surface area contributed by atoms with E-state index < -0.39 is 0 Å². The van der Waals surface area contributed by atoms with Crippen molar-refractivity contribution in [2.75, 3.05) is 11.9 Å². The first-order chi connectivity index (χ1) is 9.67. The van der Waals surface area contributed by atoms with E-state index in [1.165, 1.54) is 29.7 Å². The van der Waals surface area contributed by atoms with Crippen LogP contribution in [0.4, 0.5) is 5.82 Å². The van der Waals surface area contributed by atoms with Crippen molar-refractivity contribution in [1.82, 2.24) is 9.97 Å². The summed E-state index contributed by atoms with van der Waals surface area (Å²) in [5.41, 5.74) is 4.88. The van der Waals surface area contributed by atoms with Gasteiger partial charge in [0.2, 0.25) is 0 Å². The number of hydrogen-bond acceptors (Lipinski definition) is 3. The Morgan fingerprint density at radius 2 is 1.90 bits per heavy atom. The fraction of sp³-hybridized carbons (Fsp3) is 0.412. The van der Waals surface area contributed by atoms with Crippen LogP contribution in [0.3, 0.4) is 0 Å². The highest BCUT2D eigenvalue weighted by atomic mass is 15.0. The Hall–Kier alpha value is -1.90. The summed E-state index contributed by atoms with van der Waals surface area (Å²) in [5, 5.41) is 3.32. The lowest BCUT2D eigenvalue weighted by molar-refractivity contribution is 0.988. The number of aryl methyl sites for hydroxylation is 2. The Bertz CT molecular complexity index is 630. The fourth-order valence-electron chi connectivity index (χ4n) is 2.34. The minimum Gasteiger partial charge on any atom is -0.370 e. The molecule has 1 heterocycles. The number of aromatic nitrogens is 2. The number of benzene rings is 1. The van der Waals surface area contributed by atoms with Crippen molar-refractivity contribution in [3.63, 3.8) is 0 Å². The minimum absolute atomic E-state index is 0.640. The third-order valence-corrected chi connectivity index (χ3v) is 3.86. The number of rotatable bonds is 4. The molecule has 2 aromatic rings. The zero-order chi connectivity index (χ0) is 14.1. The maximum absolute atomic E-state index is 4.77. The van der Waals surface area contributed by atoms with Gasteiger partial charge in [-0.25, -0.2) is 9.97 Å². The van der Waals surface area contributed by atoms with E-state index in [2.05, 4.69) is 55.3 Å². The average molecular weight is 267 g/mol. The van der Waals surface area contributed by atoms with Gasteiger partial charge in [0, 0.05) is 29.8 Å². The van der Waals surface area contributed by atoms with E-state index in [0.29, 0.717) is 5.92 Å². The zero-order valence-electron chi connectivity index (χ0n) is 12.4. The van der Waals surface area contributed by atoms with E-state index in [1.54, 1.807) is 0 Å². The molecular weight excluding hydrogens is 246 g/mol. The lowest BCUT2D eigenvalue weighted by Gasteiger charge is -2.10. The number of nitrogens with zero attached hydrogens (tertiary/aromatic N) is 2. The molecule has 1 saturated carbocycles. The molecule has 1 fully saturated rings. The van der Waals surface area contributed by atoms with Gasteiger partial charge in [0.1, 0.15) is 5.82 Å². The van der Waals surface area contributed by atoms with Crippen molar-refractivity contribution in [3.05, 3.63) is 41.1 Å². The third-order valence-electron chi connectivity index (χ3n) is 3.86. The van der Waals surface area contributed by atoms with Crippen molar-refractivity contribution in [2.24, 2.45) is 0 Å². The summed E-state index contributed by atoms with van der Waals surface area (Å²) in [6, 6.07) is 8.54. The van der Waals surface area contributed by atoms with Gasteiger partial charge in [0.25, 0.3) is 0 Å². The van der Waals surface area contributed by atoms with Crippen LogP contribution in [-0.4, -0.2) is 16.5 Å². The molecule has 20 heavy (non-hydrogen) atoms. The van der Waals surface area contributed by atoms with E-state index in [1.807, 2.05) is 0 Å². The lowest BCUT2D eigenvalue weighted by Crippen LogP contribution is -2.03. The maximum atomic E-state index is 4.77. The van der Waals surface area contributed by atoms with Crippen LogP contribution in [0.25, 0.3) is 11.4 Å². The molecule has 0 spiro atoms. The Morgan fingerprint density at radius 3 is 2.55 bits per heavy atom. The summed E-state index contributed by atoms with van der Waals surface area (Å²) in [4.78, 5) is 9.42. The molecule has 3 rings (SSSR count). The molecule has 0 atom stereocenters. The van der Waals surface area contributed by atoms with Gasteiger partial charge in [0.15, 0.2) is 5.82 Å². The molecule has 1 aromatic heterocycles. The molecule has 1 aromatic carbocycles.